The summed E-state index contributed by atoms with van der Waals surface area (Å²) in [5.74, 6) is 0.606. The van der Waals surface area contributed by atoms with Gasteiger partial charge in [-0.3, -0.25) is 4.98 Å². The summed E-state index contributed by atoms with van der Waals surface area (Å²) in [4.78, 5) is 8.00. The molecule has 1 heterocycles. The molecule has 1 aromatic carbocycles. The minimum absolute atomic E-state index is 0.482. The number of anilines is 1. The molecular formula is C12H11ClN4S. The molecule has 0 amide bonds. The van der Waals surface area contributed by atoms with E-state index in [0.717, 1.165) is 5.56 Å². The maximum absolute atomic E-state index is 6.04. The summed E-state index contributed by atoms with van der Waals surface area (Å²) in [5.41, 5.74) is 0.988. The third-order valence-corrected chi connectivity index (χ3v) is 2.82. The minimum atomic E-state index is 0.482. The van der Waals surface area contributed by atoms with Crippen molar-refractivity contribution in [3.63, 3.8) is 0 Å². The van der Waals surface area contributed by atoms with Gasteiger partial charge in [-0.2, -0.15) is 0 Å². The van der Waals surface area contributed by atoms with Gasteiger partial charge < -0.3 is 10.6 Å². The second-order valence-electron chi connectivity index (χ2n) is 3.49. The number of hydrogen-bond donors (Lipinski definition) is 2. The Balaban J connectivity index is 1.88. The molecule has 0 saturated heterocycles. The Morgan fingerprint density at radius 2 is 2.11 bits per heavy atom. The lowest BCUT2D eigenvalue weighted by molar-refractivity contribution is 0.924. The van der Waals surface area contributed by atoms with E-state index in [1.165, 1.54) is 0 Å². The lowest BCUT2D eigenvalue weighted by atomic mass is 10.2. The van der Waals surface area contributed by atoms with Crippen LogP contribution in [-0.2, 0) is 6.54 Å². The Labute approximate surface area is 115 Å². The van der Waals surface area contributed by atoms with Crippen LogP contribution in [0.3, 0.4) is 0 Å². The fourth-order valence-corrected chi connectivity index (χ4v) is 1.72. The number of hydrogen-bond acceptors (Lipinski definition) is 3. The van der Waals surface area contributed by atoms with Crippen LogP contribution in [0.25, 0.3) is 0 Å². The van der Waals surface area contributed by atoms with E-state index in [4.69, 9.17) is 23.8 Å². The average Bonchev–Trinajstić information content (AvgIpc) is 2.39. The van der Waals surface area contributed by atoms with Crippen molar-refractivity contribution in [2.45, 2.75) is 6.54 Å². The lowest BCUT2D eigenvalue weighted by Crippen LogP contribution is -2.28. The topological polar surface area (TPSA) is 49.8 Å². The van der Waals surface area contributed by atoms with E-state index in [2.05, 4.69) is 20.6 Å². The molecule has 0 spiro atoms. The smallest absolute Gasteiger partial charge is 0.172 e. The maximum Gasteiger partial charge on any atom is 0.172 e. The van der Waals surface area contributed by atoms with Gasteiger partial charge in [0.25, 0.3) is 0 Å². The van der Waals surface area contributed by atoms with Crippen LogP contribution in [0.4, 0.5) is 5.82 Å². The first-order valence-electron chi connectivity index (χ1n) is 5.30. The Hall–Kier alpha value is -1.72. The summed E-state index contributed by atoms with van der Waals surface area (Å²) in [5, 5.41) is 7.19. The highest BCUT2D eigenvalue weighted by molar-refractivity contribution is 7.80. The summed E-state index contributed by atoms with van der Waals surface area (Å²) in [6.07, 6.45) is 4.80. The van der Waals surface area contributed by atoms with Crippen molar-refractivity contribution in [3.8, 4) is 0 Å². The fourth-order valence-electron chi connectivity index (χ4n) is 1.34. The van der Waals surface area contributed by atoms with Crippen LogP contribution in [-0.4, -0.2) is 15.1 Å². The van der Waals surface area contributed by atoms with E-state index in [1.54, 1.807) is 18.6 Å². The van der Waals surface area contributed by atoms with Gasteiger partial charge in [-0.05, 0) is 23.8 Å². The van der Waals surface area contributed by atoms with Crippen molar-refractivity contribution in [1.29, 1.82) is 0 Å². The van der Waals surface area contributed by atoms with Gasteiger partial charge in [-0.15, -0.1) is 0 Å². The third-order valence-electron chi connectivity index (χ3n) is 2.20. The lowest BCUT2D eigenvalue weighted by Gasteiger charge is -2.10. The molecule has 2 aromatic rings. The predicted molar refractivity (Wildman–Crippen MR) is 76.5 cm³/mol. The summed E-state index contributed by atoms with van der Waals surface area (Å²) < 4.78 is 0. The van der Waals surface area contributed by atoms with E-state index in [1.807, 2.05) is 24.3 Å². The van der Waals surface area contributed by atoms with Gasteiger partial charge in [0.2, 0.25) is 0 Å². The van der Waals surface area contributed by atoms with Gasteiger partial charge in [-0.1, -0.05) is 29.8 Å². The Morgan fingerprint density at radius 1 is 1.28 bits per heavy atom. The average molecular weight is 279 g/mol. The van der Waals surface area contributed by atoms with E-state index >= 15 is 0 Å². The molecule has 0 radical (unpaired) electrons. The van der Waals surface area contributed by atoms with Crippen LogP contribution in [0.15, 0.2) is 42.9 Å². The molecule has 4 nitrogen and oxygen atoms in total. The van der Waals surface area contributed by atoms with Gasteiger partial charge in [0.1, 0.15) is 0 Å². The first-order chi connectivity index (χ1) is 8.75. The molecule has 92 valence electrons. The molecule has 0 saturated carbocycles. The van der Waals surface area contributed by atoms with Crippen molar-refractivity contribution < 1.29 is 0 Å². The first-order valence-corrected chi connectivity index (χ1v) is 6.08. The van der Waals surface area contributed by atoms with Gasteiger partial charge >= 0.3 is 0 Å². The number of aromatic nitrogens is 2. The quantitative estimate of drug-likeness (QED) is 0.846. The molecular weight excluding hydrogens is 268 g/mol. The number of thiocarbonyl (C=S) groups is 1. The van der Waals surface area contributed by atoms with Crippen LogP contribution in [0.2, 0.25) is 5.02 Å². The Kier molecular flexibility index (Phi) is 4.44. The van der Waals surface area contributed by atoms with Crippen molar-refractivity contribution in [1.82, 2.24) is 15.3 Å². The molecule has 0 unspecified atom stereocenters. The molecule has 2 N–H and O–H groups in total. The minimum Gasteiger partial charge on any atom is -0.358 e. The first kappa shape index (κ1) is 12.7. The number of benzene rings is 1. The highest BCUT2D eigenvalue weighted by Crippen LogP contribution is 2.14. The number of rotatable bonds is 3. The van der Waals surface area contributed by atoms with Crippen molar-refractivity contribution in [2.24, 2.45) is 0 Å². The van der Waals surface area contributed by atoms with Crippen molar-refractivity contribution in [2.75, 3.05) is 5.32 Å². The summed E-state index contributed by atoms with van der Waals surface area (Å²) in [6, 6.07) is 7.61. The zero-order valence-electron chi connectivity index (χ0n) is 9.43. The van der Waals surface area contributed by atoms with E-state index in [0.29, 0.717) is 22.5 Å². The maximum atomic E-state index is 6.04. The molecule has 1 aromatic heterocycles. The van der Waals surface area contributed by atoms with Crippen LogP contribution < -0.4 is 10.6 Å². The number of nitrogens with zero attached hydrogens (tertiary/aromatic N) is 2. The molecule has 0 aliphatic rings. The van der Waals surface area contributed by atoms with Crippen LogP contribution in [0.5, 0.6) is 0 Å². The molecule has 6 heteroatoms. The van der Waals surface area contributed by atoms with Crippen LogP contribution in [0, 0.1) is 0 Å². The normalized spacial score (nSPS) is 9.83. The summed E-state index contributed by atoms with van der Waals surface area (Å²) in [6.45, 7) is 0.561. The second-order valence-corrected chi connectivity index (χ2v) is 4.31. The largest absolute Gasteiger partial charge is 0.358 e. The second kappa shape index (κ2) is 6.28. The van der Waals surface area contributed by atoms with Crippen molar-refractivity contribution >= 4 is 34.7 Å². The monoisotopic (exact) mass is 278 g/mol. The zero-order valence-corrected chi connectivity index (χ0v) is 11.0. The van der Waals surface area contributed by atoms with Gasteiger partial charge in [0.05, 0.1) is 6.20 Å². The number of halogens is 1. The third kappa shape index (κ3) is 3.65. The van der Waals surface area contributed by atoms with E-state index < -0.39 is 0 Å². The van der Waals surface area contributed by atoms with E-state index in [9.17, 15) is 0 Å². The van der Waals surface area contributed by atoms with Crippen LogP contribution in [0.1, 0.15) is 5.56 Å². The molecule has 2 rings (SSSR count). The van der Waals surface area contributed by atoms with Gasteiger partial charge in [0.15, 0.2) is 10.9 Å². The van der Waals surface area contributed by atoms with Crippen LogP contribution >= 0.6 is 23.8 Å². The van der Waals surface area contributed by atoms with Gasteiger partial charge in [0, 0.05) is 24.0 Å². The SMILES string of the molecule is S=C(NCc1ccccc1Cl)Nc1cnccn1. The van der Waals surface area contributed by atoms with Crippen molar-refractivity contribution in [3.05, 3.63) is 53.4 Å². The highest BCUT2D eigenvalue weighted by Gasteiger charge is 2.01. The Bertz CT molecular complexity index is 533. The molecule has 0 aliphatic carbocycles. The molecule has 0 fully saturated rings. The zero-order chi connectivity index (χ0) is 12.8. The van der Waals surface area contributed by atoms with Gasteiger partial charge in [-0.25, -0.2) is 4.98 Å². The molecule has 0 aliphatic heterocycles. The van der Waals surface area contributed by atoms with E-state index in [-0.39, 0.29) is 0 Å². The predicted octanol–water partition coefficient (Wildman–Crippen LogP) is 2.62. The molecule has 0 bridgehead atoms. The standard InChI is InChI=1S/C12H11ClN4S/c13-10-4-2-1-3-9(10)7-16-12(18)17-11-8-14-5-6-15-11/h1-6,8H,7H2,(H2,15,16,17,18). The fraction of sp³-hybridized carbons (Fsp3) is 0.0833. The molecule has 18 heavy (non-hydrogen) atoms. The summed E-state index contributed by atoms with van der Waals surface area (Å²) >= 11 is 11.2. The Morgan fingerprint density at radius 3 is 2.83 bits per heavy atom. The highest BCUT2D eigenvalue weighted by atomic mass is 35.5. The summed E-state index contributed by atoms with van der Waals surface area (Å²) in [7, 11) is 0. The number of nitrogens with one attached hydrogen (secondary N) is 2. The molecule has 0 atom stereocenters.